The summed E-state index contributed by atoms with van der Waals surface area (Å²) in [6, 6.07) is 8.70. The number of carbonyl (C=O) groups excluding carboxylic acids is 1. The maximum absolute atomic E-state index is 12.5. The van der Waals surface area contributed by atoms with Crippen molar-refractivity contribution >= 4 is 5.91 Å². The van der Waals surface area contributed by atoms with E-state index in [-0.39, 0.29) is 17.6 Å². The smallest absolute Gasteiger partial charge is 0.272 e. The molecular formula is C18H20N2O4. The molecule has 1 aromatic carbocycles. The first-order valence-corrected chi connectivity index (χ1v) is 7.87. The minimum atomic E-state index is -0.0986. The topological polar surface area (TPSA) is 71.9 Å². The monoisotopic (exact) mass is 328 g/mol. The largest absolute Gasteiger partial charge is 0.504 e. The van der Waals surface area contributed by atoms with Crippen molar-refractivity contribution in [2.45, 2.75) is 12.8 Å². The number of likely N-dealkylation sites (tertiary alicyclic amines) is 1. The second-order valence-electron chi connectivity index (χ2n) is 5.65. The van der Waals surface area contributed by atoms with Gasteiger partial charge in [-0.1, -0.05) is 6.07 Å². The van der Waals surface area contributed by atoms with Gasteiger partial charge in [0.25, 0.3) is 5.91 Å². The van der Waals surface area contributed by atoms with Crippen LogP contribution in [0.1, 0.15) is 28.9 Å². The molecule has 0 bridgehead atoms. The molecule has 0 unspecified atom stereocenters. The first kappa shape index (κ1) is 16.1. The van der Waals surface area contributed by atoms with Gasteiger partial charge in [-0.05, 0) is 30.7 Å². The molecule has 1 aliphatic rings. The molecule has 6 nitrogen and oxygen atoms in total. The Bertz CT molecular complexity index is 742. The minimum Gasteiger partial charge on any atom is -0.504 e. The number of rotatable bonds is 5. The van der Waals surface area contributed by atoms with Gasteiger partial charge in [-0.25, -0.2) is 0 Å². The second-order valence-corrected chi connectivity index (χ2v) is 5.65. The van der Waals surface area contributed by atoms with E-state index in [1.54, 1.807) is 29.3 Å². The Labute approximate surface area is 140 Å². The molecule has 1 fully saturated rings. The number of benzene rings is 1. The van der Waals surface area contributed by atoms with Crippen molar-refractivity contribution < 1.29 is 19.4 Å². The number of aromatic hydroxyl groups is 1. The molecule has 1 saturated heterocycles. The first-order valence-electron chi connectivity index (χ1n) is 7.87. The Morgan fingerprint density at radius 2 is 2.12 bits per heavy atom. The van der Waals surface area contributed by atoms with E-state index in [1.807, 2.05) is 19.1 Å². The molecule has 1 aromatic heterocycles. The van der Waals surface area contributed by atoms with Gasteiger partial charge < -0.3 is 19.5 Å². The lowest BCUT2D eigenvalue weighted by molar-refractivity contribution is 0.0595. The summed E-state index contributed by atoms with van der Waals surface area (Å²) in [6.07, 6.45) is 1.58. The lowest BCUT2D eigenvalue weighted by atomic mass is 9.91. The number of phenolic OH excluding ortho intramolecular Hbond substituents is 1. The summed E-state index contributed by atoms with van der Waals surface area (Å²) in [6.45, 7) is 3.68. The molecule has 0 atom stereocenters. The number of hydrogen-bond acceptors (Lipinski definition) is 5. The van der Waals surface area contributed by atoms with Gasteiger partial charge in [-0.15, -0.1) is 0 Å². The fourth-order valence-electron chi connectivity index (χ4n) is 2.75. The number of methoxy groups -OCH3 is 1. The molecule has 1 aliphatic heterocycles. The van der Waals surface area contributed by atoms with Crippen LogP contribution in [0.5, 0.6) is 17.2 Å². The second kappa shape index (κ2) is 6.78. The van der Waals surface area contributed by atoms with Crippen LogP contribution in [0.3, 0.4) is 0 Å². The van der Waals surface area contributed by atoms with Crippen molar-refractivity contribution in [2.24, 2.45) is 0 Å². The van der Waals surface area contributed by atoms with E-state index in [0.717, 1.165) is 5.56 Å². The van der Waals surface area contributed by atoms with Crippen LogP contribution >= 0.6 is 0 Å². The van der Waals surface area contributed by atoms with E-state index in [0.29, 0.717) is 36.9 Å². The summed E-state index contributed by atoms with van der Waals surface area (Å²) in [4.78, 5) is 18.4. The maximum atomic E-state index is 12.5. The van der Waals surface area contributed by atoms with Crippen molar-refractivity contribution in [2.75, 3.05) is 26.8 Å². The van der Waals surface area contributed by atoms with E-state index < -0.39 is 0 Å². The summed E-state index contributed by atoms with van der Waals surface area (Å²) < 4.78 is 10.5. The van der Waals surface area contributed by atoms with Crippen LogP contribution in [-0.4, -0.2) is 47.7 Å². The lowest BCUT2D eigenvalue weighted by Crippen LogP contribution is -2.48. The molecule has 2 aromatic rings. The average molecular weight is 328 g/mol. The molecule has 0 radical (unpaired) electrons. The van der Waals surface area contributed by atoms with E-state index in [4.69, 9.17) is 9.47 Å². The van der Waals surface area contributed by atoms with Crippen LogP contribution < -0.4 is 9.47 Å². The van der Waals surface area contributed by atoms with E-state index >= 15 is 0 Å². The molecule has 24 heavy (non-hydrogen) atoms. The third kappa shape index (κ3) is 3.13. The maximum Gasteiger partial charge on any atom is 0.272 e. The third-order valence-electron chi connectivity index (χ3n) is 4.11. The summed E-state index contributed by atoms with van der Waals surface area (Å²) in [5, 5.41) is 9.66. The number of pyridine rings is 1. The van der Waals surface area contributed by atoms with Gasteiger partial charge in [-0.3, -0.25) is 9.78 Å². The molecule has 126 valence electrons. The van der Waals surface area contributed by atoms with E-state index in [2.05, 4.69) is 4.98 Å². The molecule has 0 aliphatic carbocycles. The van der Waals surface area contributed by atoms with Crippen molar-refractivity contribution in [3.63, 3.8) is 0 Å². The molecule has 2 heterocycles. The Morgan fingerprint density at radius 3 is 2.83 bits per heavy atom. The number of phenols is 1. The number of carbonyl (C=O) groups is 1. The van der Waals surface area contributed by atoms with E-state index in [9.17, 15) is 9.90 Å². The van der Waals surface area contributed by atoms with Crippen LogP contribution in [-0.2, 0) is 0 Å². The zero-order valence-electron chi connectivity index (χ0n) is 13.7. The van der Waals surface area contributed by atoms with Crippen molar-refractivity contribution in [3.05, 3.63) is 47.8 Å². The number of ether oxygens (including phenoxy) is 2. The highest BCUT2D eigenvalue weighted by atomic mass is 16.5. The first-order chi connectivity index (χ1) is 11.6. The van der Waals surface area contributed by atoms with Crippen LogP contribution in [0.15, 0.2) is 36.5 Å². The SMILES string of the molecule is CCOc1ccnc(C(=O)N2CC(c3ccc(O)c(OC)c3)C2)c1. The Kier molecular flexibility index (Phi) is 4.55. The summed E-state index contributed by atoms with van der Waals surface area (Å²) >= 11 is 0. The lowest BCUT2D eigenvalue weighted by Gasteiger charge is -2.39. The fraction of sp³-hybridized carbons (Fsp3) is 0.333. The Balaban J connectivity index is 1.66. The Hall–Kier alpha value is -2.76. The highest BCUT2D eigenvalue weighted by molar-refractivity contribution is 5.93. The molecular weight excluding hydrogens is 308 g/mol. The highest BCUT2D eigenvalue weighted by Gasteiger charge is 2.33. The highest BCUT2D eigenvalue weighted by Crippen LogP contribution is 2.34. The van der Waals surface area contributed by atoms with Gasteiger partial charge in [0.05, 0.1) is 13.7 Å². The van der Waals surface area contributed by atoms with Crippen LogP contribution in [0.4, 0.5) is 0 Å². The number of amides is 1. The molecule has 6 heteroatoms. The third-order valence-corrected chi connectivity index (χ3v) is 4.11. The van der Waals surface area contributed by atoms with Gasteiger partial charge in [0.15, 0.2) is 11.5 Å². The van der Waals surface area contributed by atoms with Crippen molar-refractivity contribution in [3.8, 4) is 17.2 Å². The van der Waals surface area contributed by atoms with Crippen molar-refractivity contribution in [1.82, 2.24) is 9.88 Å². The molecule has 0 saturated carbocycles. The van der Waals surface area contributed by atoms with Gasteiger partial charge in [-0.2, -0.15) is 0 Å². The van der Waals surface area contributed by atoms with Gasteiger partial charge in [0.2, 0.25) is 0 Å². The quantitative estimate of drug-likeness (QED) is 0.913. The van der Waals surface area contributed by atoms with Crippen molar-refractivity contribution in [1.29, 1.82) is 0 Å². The van der Waals surface area contributed by atoms with Gasteiger partial charge >= 0.3 is 0 Å². The molecule has 0 spiro atoms. The predicted molar refractivity (Wildman–Crippen MR) is 88.7 cm³/mol. The van der Waals surface area contributed by atoms with E-state index in [1.165, 1.54) is 7.11 Å². The summed E-state index contributed by atoms with van der Waals surface area (Å²) in [7, 11) is 1.52. The summed E-state index contributed by atoms with van der Waals surface area (Å²) in [5.41, 5.74) is 1.44. The van der Waals surface area contributed by atoms with Crippen LogP contribution in [0, 0.1) is 0 Å². The number of aromatic nitrogens is 1. The minimum absolute atomic E-state index is 0.0986. The van der Waals surface area contributed by atoms with Crippen LogP contribution in [0.25, 0.3) is 0 Å². The average Bonchev–Trinajstić information content (AvgIpc) is 2.55. The zero-order valence-corrected chi connectivity index (χ0v) is 13.7. The number of hydrogen-bond donors (Lipinski definition) is 1. The standard InChI is InChI=1S/C18H20N2O4/c1-3-24-14-6-7-19-15(9-14)18(22)20-10-13(11-20)12-4-5-16(21)17(8-12)23-2/h4-9,13,21H,3,10-11H2,1-2H3. The summed E-state index contributed by atoms with van der Waals surface area (Å²) in [5.74, 6) is 1.35. The molecule has 1 amide bonds. The molecule has 1 N–H and O–H groups in total. The van der Waals surface area contributed by atoms with Gasteiger partial charge in [0.1, 0.15) is 11.4 Å². The Morgan fingerprint density at radius 1 is 1.33 bits per heavy atom. The fourth-order valence-corrected chi connectivity index (χ4v) is 2.75. The van der Waals surface area contributed by atoms with Gasteiger partial charge in [0, 0.05) is 31.3 Å². The normalized spacial score (nSPS) is 14.2. The number of nitrogens with zero attached hydrogens (tertiary/aromatic N) is 2. The molecule has 3 rings (SSSR count). The predicted octanol–water partition coefficient (Wildman–Crippen LogP) is 2.43. The van der Waals surface area contributed by atoms with Crippen LogP contribution in [0.2, 0.25) is 0 Å². The zero-order chi connectivity index (χ0) is 17.1.